The van der Waals surface area contributed by atoms with Gasteiger partial charge in [0.25, 0.3) is 0 Å². The van der Waals surface area contributed by atoms with Crippen molar-refractivity contribution >= 4 is 23.3 Å². The van der Waals surface area contributed by atoms with E-state index in [0.29, 0.717) is 22.8 Å². The van der Waals surface area contributed by atoms with Gasteiger partial charge in [-0.2, -0.15) is 5.10 Å². The van der Waals surface area contributed by atoms with Crippen molar-refractivity contribution in [2.24, 2.45) is 0 Å². The molecule has 2 heterocycles. The van der Waals surface area contributed by atoms with Crippen LogP contribution in [-0.2, 0) is 20.9 Å². The van der Waals surface area contributed by atoms with E-state index in [-0.39, 0.29) is 18.9 Å². The van der Waals surface area contributed by atoms with E-state index in [1.807, 2.05) is 30.3 Å². The van der Waals surface area contributed by atoms with Gasteiger partial charge in [0, 0.05) is 18.4 Å². The van der Waals surface area contributed by atoms with Crippen molar-refractivity contribution in [2.45, 2.75) is 19.1 Å². The van der Waals surface area contributed by atoms with Crippen LogP contribution in [0.2, 0.25) is 0 Å². The maximum atomic E-state index is 13.4. The highest BCUT2D eigenvalue weighted by atomic mass is 19.1. The summed E-state index contributed by atoms with van der Waals surface area (Å²) < 4.78 is 20.2. The smallest absolute Gasteiger partial charge is 0.249 e. The van der Waals surface area contributed by atoms with Gasteiger partial charge in [0.2, 0.25) is 11.8 Å². The first kappa shape index (κ1) is 18.8. The quantitative estimate of drug-likeness (QED) is 0.695. The predicted molar refractivity (Wildman–Crippen MR) is 106 cm³/mol. The van der Waals surface area contributed by atoms with Gasteiger partial charge in [-0.25, -0.2) is 9.07 Å². The molecule has 2 N–H and O–H groups in total. The van der Waals surface area contributed by atoms with Crippen LogP contribution in [0.5, 0.6) is 0 Å². The average molecular weight is 394 g/mol. The molecule has 1 aliphatic rings. The number of benzene rings is 2. The van der Waals surface area contributed by atoms with E-state index in [1.165, 1.54) is 22.9 Å². The van der Waals surface area contributed by atoms with Crippen LogP contribution >= 0.6 is 0 Å². The summed E-state index contributed by atoms with van der Waals surface area (Å²) >= 11 is 0. The number of nitrogens with zero attached hydrogens (tertiary/aromatic N) is 2. The molecule has 0 saturated heterocycles. The molecule has 8 heteroatoms. The molecule has 0 fully saturated rings. The number of rotatable bonds is 5. The van der Waals surface area contributed by atoms with Crippen LogP contribution in [0.3, 0.4) is 0 Å². The minimum absolute atomic E-state index is 0.0729. The molecule has 0 unspecified atom stereocenters. The maximum absolute atomic E-state index is 13.4. The van der Waals surface area contributed by atoms with E-state index < -0.39 is 17.8 Å². The Hall–Kier alpha value is -3.52. The maximum Gasteiger partial charge on any atom is 0.249 e. The number of fused-ring (bicyclic) bond motifs is 1. The van der Waals surface area contributed by atoms with Crippen LogP contribution in [0.4, 0.5) is 15.9 Å². The lowest BCUT2D eigenvalue weighted by molar-refractivity contribution is -0.125. The van der Waals surface area contributed by atoms with Crippen LogP contribution in [0, 0.1) is 5.82 Å². The van der Waals surface area contributed by atoms with Crippen LogP contribution in [0.25, 0.3) is 11.1 Å². The highest BCUT2D eigenvalue weighted by Gasteiger charge is 2.35. The summed E-state index contributed by atoms with van der Waals surface area (Å²) in [6.45, 7) is 0.221. The average Bonchev–Trinajstić information content (AvgIpc) is 3.06. The molecule has 2 aromatic carbocycles. The van der Waals surface area contributed by atoms with E-state index in [1.54, 1.807) is 13.2 Å². The van der Waals surface area contributed by atoms with Crippen molar-refractivity contribution in [3.05, 3.63) is 66.1 Å². The fourth-order valence-electron chi connectivity index (χ4n) is 3.41. The number of nitrogens with one attached hydrogen (secondary N) is 2. The minimum atomic E-state index is -0.866. The van der Waals surface area contributed by atoms with Crippen molar-refractivity contribution in [3.8, 4) is 11.1 Å². The number of aromatic nitrogens is 2. The number of ether oxygens (including phenoxy) is 1. The summed E-state index contributed by atoms with van der Waals surface area (Å²) in [4.78, 5) is 25.3. The van der Waals surface area contributed by atoms with Crippen molar-refractivity contribution in [3.63, 3.8) is 0 Å². The van der Waals surface area contributed by atoms with E-state index in [0.717, 1.165) is 5.56 Å². The lowest BCUT2D eigenvalue weighted by Crippen LogP contribution is -2.35. The summed E-state index contributed by atoms with van der Waals surface area (Å²) in [5, 5.41) is 10.0. The summed E-state index contributed by atoms with van der Waals surface area (Å²) in [5.74, 6) is -0.757. The zero-order chi connectivity index (χ0) is 20.4. The van der Waals surface area contributed by atoms with Gasteiger partial charge in [-0.3, -0.25) is 9.59 Å². The molecule has 0 radical (unpaired) electrons. The topological polar surface area (TPSA) is 85.2 Å². The molecule has 7 nitrogen and oxygen atoms in total. The number of anilines is 2. The molecule has 3 aromatic rings. The lowest BCUT2D eigenvalue weighted by Gasteiger charge is -2.24. The SMILES string of the molecule is COCc1nn2c(c1-c1ccccc1)NC(=O)C[C@H]2C(=O)Nc1cccc(F)c1. The Bertz CT molecular complexity index is 1070. The van der Waals surface area contributed by atoms with Gasteiger partial charge >= 0.3 is 0 Å². The zero-order valence-electron chi connectivity index (χ0n) is 15.7. The minimum Gasteiger partial charge on any atom is -0.378 e. The van der Waals surface area contributed by atoms with E-state index in [9.17, 15) is 14.0 Å². The second kappa shape index (κ2) is 7.84. The van der Waals surface area contributed by atoms with E-state index >= 15 is 0 Å². The highest BCUT2D eigenvalue weighted by molar-refractivity contribution is 6.03. The van der Waals surface area contributed by atoms with E-state index in [2.05, 4.69) is 15.7 Å². The zero-order valence-corrected chi connectivity index (χ0v) is 15.7. The Morgan fingerprint density at radius 3 is 2.79 bits per heavy atom. The summed E-state index contributed by atoms with van der Waals surface area (Å²) in [6, 6.07) is 14.2. The Morgan fingerprint density at radius 2 is 2.07 bits per heavy atom. The van der Waals surface area contributed by atoms with E-state index in [4.69, 9.17) is 4.74 Å². The molecule has 0 aliphatic carbocycles. The van der Waals surface area contributed by atoms with Gasteiger partial charge in [0.1, 0.15) is 17.7 Å². The van der Waals surface area contributed by atoms with Crippen molar-refractivity contribution in [2.75, 3.05) is 17.7 Å². The van der Waals surface area contributed by atoms with Gasteiger partial charge in [-0.15, -0.1) is 0 Å². The molecule has 0 saturated carbocycles. The Balaban J connectivity index is 1.75. The van der Waals surface area contributed by atoms with Gasteiger partial charge in [0.05, 0.1) is 18.7 Å². The molecule has 148 valence electrons. The molecule has 0 spiro atoms. The Labute approximate surface area is 166 Å². The number of carbonyl (C=O) groups is 2. The number of methoxy groups -OCH3 is 1. The van der Waals surface area contributed by atoms with Gasteiger partial charge < -0.3 is 15.4 Å². The highest BCUT2D eigenvalue weighted by Crippen LogP contribution is 2.37. The third kappa shape index (κ3) is 3.74. The second-order valence-corrected chi connectivity index (χ2v) is 6.68. The lowest BCUT2D eigenvalue weighted by atomic mass is 10.0. The van der Waals surface area contributed by atoms with Crippen LogP contribution < -0.4 is 10.6 Å². The first-order valence-corrected chi connectivity index (χ1v) is 9.09. The fraction of sp³-hybridized carbons (Fsp3) is 0.190. The number of amides is 2. The number of hydrogen-bond donors (Lipinski definition) is 2. The fourth-order valence-corrected chi connectivity index (χ4v) is 3.41. The molecule has 29 heavy (non-hydrogen) atoms. The monoisotopic (exact) mass is 394 g/mol. The molecule has 1 aliphatic heterocycles. The van der Waals surface area contributed by atoms with Crippen LogP contribution in [0.15, 0.2) is 54.6 Å². The number of halogens is 1. The Kier molecular flexibility index (Phi) is 5.09. The van der Waals surface area contributed by atoms with Crippen molar-refractivity contribution < 1.29 is 18.7 Å². The van der Waals surface area contributed by atoms with Gasteiger partial charge in [-0.05, 0) is 23.8 Å². The first-order valence-electron chi connectivity index (χ1n) is 9.09. The molecular weight excluding hydrogens is 375 g/mol. The Morgan fingerprint density at radius 1 is 1.28 bits per heavy atom. The molecule has 0 bridgehead atoms. The summed E-state index contributed by atoms with van der Waals surface area (Å²) in [6.07, 6.45) is -0.0729. The van der Waals surface area contributed by atoms with Gasteiger partial charge in [0.15, 0.2) is 0 Å². The number of carbonyl (C=O) groups excluding carboxylic acids is 2. The predicted octanol–water partition coefficient (Wildman–Crippen LogP) is 3.36. The summed E-state index contributed by atoms with van der Waals surface area (Å²) in [7, 11) is 1.56. The first-order chi connectivity index (χ1) is 14.1. The van der Waals surface area contributed by atoms with Gasteiger partial charge in [-0.1, -0.05) is 36.4 Å². The molecule has 1 aromatic heterocycles. The van der Waals surface area contributed by atoms with Crippen LogP contribution in [0.1, 0.15) is 18.2 Å². The number of hydrogen-bond acceptors (Lipinski definition) is 4. The normalized spacial score (nSPS) is 15.5. The third-order valence-corrected chi connectivity index (χ3v) is 4.65. The molecule has 1 atom stereocenters. The van der Waals surface area contributed by atoms with Crippen molar-refractivity contribution in [1.82, 2.24) is 9.78 Å². The largest absolute Gasteiger partial charge is 0.378 e. The standard InChI is InChI=1S/C21H19FN4O3/c1-29-12-16-19(13-6-3-2-4-7-13)20-24-18(27)11-17(26(20)25-16)21(28)23-15-9-5-8-14(22)10-15/h2-10,17H,11-12H2,1H3,(H,23,28)(H,24,27)/t17-/m0/s1. The molecule has 4 rings (SSSR count). The molecule has 2 amide bonds. The third-order valence-electron chi connectivity index (χ3n) is 4.65. The second-order valence-electron chi connectivity index (χ2n) is 6.68. The summed E-state index contributed by atoms with van der Waals surface area (Å²) in [5.41, 5.74) is 2.49. The van der Waals surface area contributed by atoms with Crippen molar-refractivity contribution in [1.29, 1.82) is 0 Å². The van der Waals surface area contributed by atoms with Crippen LogP contribution in [-0.4, -0.2) is 28.7 Å². The molecular formula is C21H19FN4O3.